The number of aliphatic carboxylic acids is 1. The van der Waals surface area contributed by atoms with Gasteiger partial charge in [0.2, 0.25) is 5.91 Å². The maximum Gasteiger partial charge on any atom is 0.407 e. The number of nitrogens with one attached hydrogen (secondary N) is 2. The molecule has 1 heterocycles. The molecule has 7 nitrogen and oxygen atoms in total. The molecular formula is C26H25BrN2O5S. The molecule has 2 amide bonds. The van der Waals surface area contributed by atoms with Crippen molar-refractivity contribution in [1.82, 2.24) is 10.6 Å². The highest BCUT2D eigenvalue weighted by atomic mass is 79.9. The summed E-state index contributed by atoms with van der Waals surface area (Å²) < 4.78 is 6.51. The molecule has 0 saturated carbocycles. The van der Waals surface area contributed by atoms with Gasteiger partial charge in [-0.15, -0.1) is 11.3 Å². The van der Waals surface area contributed by atoms with Crippen LogP contribution in [-0.2, 0) is 20.7 Å². The van der Waals surface area contributed by atoms with E-state index in [2.05, 4.69) is 38.7 Å². The predicted octanol–water partition coefficient (Wildman–Crippen LogP) is 4.94. The van der Waals surface area contributed by atoms with Crippen LogP contribution in [0.25, 0.3) is 11.1 Å². The van der Waals surface area contributed by atoms with E-state index in [1.165, 1.54) is 0 Å². The van der Waals surface area contributed by atoms with E-state index < -0.39 is 24.0 Å². The third kappa shape index (κ3) is 6.10. The highest BCUT2D eigenvalue weighted by molar-refractivity contribution is 9.10. The van der Waals surface area contributed by atoms with Crippen LogP contribution < -0.4 is 10.6 Å². The normalized spacial score (nSPS) is 12.9. The largest absolute Gasteiger partial charge is 0.481 e. The van der Waals surface area contributed by atoms with Gasteiger partial charge in [-0.1, -0.05) is 48.5 Å². The summed E-state index contributed by atoms with van der Waals surface area (Å²) in [5, 5.41) is 16.4. The van der Waals surface area contributed by atoms with Gasteiger partial charge in [-0.3, -0.25) is 9.59 Å². The number of hydrogen-bond donors (Lipinski definition) is 3. The van der Waals surface area contributed by atoms with Gasteiger partial charge in [-0.05, 0) is 56.1 Å². The number of hydrogen-bond acceptors (Lipinski definition) is 5. The lowest BCUT2D eigenvalue weighted by atomic mass is 9.98. The highest BCUT2D eigenvalue weighted by Crippen LogP contribution is 2.44. The number of thiophene rings is 1. The van der Waals surface area contributed by atoms with E-state index in [9.17, 15) is 14.4 Å². The van der Waals surface area contributed by atoms with Crippen LogP contribution in [0.5, 0.6) is 0 Å². The smallest absolute Gasteiger partial charge is 0.407 e. The monoisotopic (exact) mass is 556 g/mol. The van der Waals surface area contributed by atoms with Crippen molar-refractivity contribution < 1.29 is 24.2 Å². The third-order valence-corrected chi connectivity index (χ3v) is 7.93. The second-order valence-corrected chi connectivity index (χ2v) is 10.0. The minimum absolute atomic E-state index is 0.0337. The number of ether oxygens (including phenoxy) is 1. The molecule has 1 atom stereocenters. The zero-order valence-corrected chi connectivity index (χ0v) is 21.2. The van der Waals surface area contributed by atoms with Gasteiger partial charge < -0.3 is 20.5 Å². The molecular weight excluding hydrogens is 532 g/mol. The van der Waals surface area contributed by atoms with E-state index in [4.69, 9.17) is 9.84 Å². The number of amides is 2. The number of carbonyl (C=O) groups is 3. The topological polar surface area (TPSA) is 105 Å². The first-order chi connectivity index (χ1) is 16.9. The van der Waals surface area contributed by atoms with Crippen LogP contribution in [0.1, 0.15) is 34.8 Å². The van der Waals surface area contributed by atoms with Crippen molar-refractivity contribution in [2.24, 2.45) is 0 Å². The number of benzene rings is 2. The number of fused-ring (bicyclic) bond motifs is 3. The van der Waals surface area contributed by atoms with Gasteiger partial charge in [0.15, 0.2) is 0 Å². The van der Waals surface area contributed by atoms with Crippen molar-refractivity contribution in [2.45, 2.75) is 31.2 Å². The summed E-state index contributed by atoms with van der Waals surface area (Å²) in [5.74, 6) is -1.59. The number of rotatable bonds is 10. The molecule has 2 aromatic carbocycles. The second kappa shape index (κ2) is 11.5. The van der Waals surface area contributed by atoms with Gasteiger partial charge in [0.25, 0.3) is 0 Å². The number of carboxylic acid groups (broad SMARTS) is 1. The molecule has 182 valence electrons. The van der Waals surface area contributed by atoms with Crippen LogP contribution in [0, 0.1) is 0 Å². The van der Waals surface area contributed by atoms with Gasteiger partial charge in [0.05, 0.1) is 0 Å². The SMILES string of the molecule is O=C(O)CCC(NC(=O)OCC1c2ccccc2-c2ccccc21)C(=O)NCCc1sccc1Br. The Morgan fingerprint density at radius 3 is 2.29 bits per heavy atom. The Hall–Kier alpha value is -3.17. The van der Waals surface area contributed by atoms with Crippen LogP contribution in [0.4, 0.5) is 4.79 Å². The summed E-state index contributed by atoms with van der Waals surface area (Å²) >= 11 is 5.04. The van der Waals surface area contributed by atoms with E-state index in [0.29, 0.717) is 13.0 Å². The Morgan fingerprint density at radius 1 is 1.03 bits per heavy atom. The lowest BCUT2D eigenvalue weighted by Gasteiger charge is -2.19. The molecule has 0 bridgehead atoms. The summed E-state index contributed by atoms with van der Waals surface area (Å²) in [7, 11) is 0. The van der Waals surface area contributed by atoms with Crippen molar-refractivity contribution in [3.8, 4) is 11.1 Å². The predicted molar refractivity (Wildman–Crippen MR) is 138 cm³/mol. The summed E-state index contributed by atoms with van der Waals surface area (Å²) in [5.41, 5.74) is 4.41. The highest BCUT2D eigenvalue weighted by Gasteiger charge is 2.30. The van der Waals surface area contributed by atoms with Crippen molar-refractivity contribution in [1.29, 1.82) is 0 Å². The number of carboxylic acids is 1. The Balaban J connectivity index is 1.36. The fraction of sp³-hybridized carbons (Fsp3) is 0.269. The maximum absolute atomic E-state index is 12.7. The van der Waals surface area contributed by atoms with E-state index >= 15 is 0 Å². The molecule has 3 aromatic rings. The first-order valence-electron chi connectivity index (χ1n) is 11.3. The van der Waals surface area contributed by atoms with Crippen LogP contribution >= 0.6 is 27.3 Å². The van der Waals surface area contributed by atoms with Crippen LogP contribution in [0.15, 0.2) is 64.5 Å². The Bertz CT molecular complexity index is 1180. The zero-order chi connectivity index (χ0) is 24.8. The van der Waals surface area contributed by atoms with Gasteiger partial charge in [-0.2, -0.15) is 0 Å². The molecule has 1 unspecified atom stereocenters. The van der Waals surface area contributed by atoms with E-state index in [-0.39, 0.29) is 25.4 Å². The van der Waals surface area contributed by atoms with Crippen molar-refractivity contribution in [2.75, 3.05) is 13.2 Å². The van der Waals surface area contributed by atoms with Crippen LogP contribution in [-0.4, -0.2) is 42.3 Å². The van der Waals surface area contributed by atoms with Gasteiger partial charge in [0, 0.05) is 34.7 Å². The molecule has 3 N–H and O–H groups in total. The number of halogens is 1. The van der Waals surface area contributed by atoms with E-state index in [1.807, 2.05) is 47.8 Å². The molecule has 0 aliphatic heterocycles. The van der Waals surface area contributed by atoms with E-state index in [0.717, 1.165) is 31.6 Å². The fourth-order valence-electron chi connectivity index (χ4n) is 4.24. The fourth-order valence-corrected chi connectivity index (χ4v) is 5.80. The number of alkyl carbamates (subject to hydrolysis) is 1. The van der Waals surface area contributed by atoms with Crippen molar-refractivity contribution >= 4 is 45.2 Å². The quantitative estimate of drug-likeness (QED) is 0.328. The summed E-state index contributed by atoms with van der Waals surface area (Å²) in [6.07, 6.45) is -0.411. The molecule has 0 fully saturated rings. The lowest BCUT2D eigenvalue weighted by Crippen LogP contribution is -2.47. The molecule has 1 aliphatic carbocycles. The van der Waals surface area contributed by atoms with Gasteiger partial charge in [0.1, 0.15) is 12.6 Å². The first-order valence-corrected chi connectivity index (χ1v) is 12.9. The zero-order valence-electron chi connectivity index (χ0n) is 18.8. The van der Waals surface area contributed by atoms with E-state index in [1.54, 1.807) is 11.3 Å². The minimum atomic E-state index is -1.04. The second-order valence-electron chi connectivity index (χ2n) is 8.19. The molecule has 35 heavy (non-hydrogen) atoms. The van der Waals surface area contributed by atoms with Gasteiger partial charge in [-0.25, -0.2) is 4.79 Å². The molecule has 0 spiro atoms. The summed E-state index contributed by atoms with van der Waals surface area (Å²) in [4.78, 5) is 37.5. The Morgan fingerprint density at radius 2 is 1.69 bits per heavy atom. The molecule has 0 saturated heterocycles. The van der Waals surface area contributed by atoms with Crippen molar-refractivity contribution in [3.05, 3.63) is 80.5 Å². The molecule has 1 aromatic heterocycles. The Labute approximate surface area is 215 Å². The van der Waals surface area contributed by atoms with Crippen LogP contribution in [0.3, 0.4) is 0 Å². The first kappa shape index (κ1) is 24.9. The third-order valence-electron chi connectivity index (χ3n) is 5.94. The number of carbonyl (C=O) groups excluding carboxylic acids is 2. The summed E-state index contributed by atoms with van der Waals surface area (Å²) in [6, 6.07) is 17.0. The Kier molecular flexibility index (Phi) is 8.20. The molecule has 1 aliphatic rings. The average molecular weight is 557 g/mol. The minimum Gasteiger partial charge on any atom is -0.481 e. The molecule has 9 heteroatoms. The summed E-state index contributed by atoms with van der Waals surface area (Å²) in [6.45, 7) is 0.480. The average Bonchev–Trinajstić information content (AvgIpc) is 3.41. The van der Waals surface area contributed by atoms with Gasteiger partial charge >= 0.3 is 12.1 Å². The lowest BCUT2D eigenvalue weighted by molar-refractivity contribution is -0.137. The molecule has 4 rings (SSSR count). The maximum atomic E-state index is 12.7. The molecule has 0 radical (unpaired) electrons. The van der Waals surface area contributed by atoms with Crippen LogP contribution in [0.2, 0.25) is 0 Å². The standard InChI is InChI=1S/C26H25BrN2O5S/c27-21-12-14-35-23(21)11-13-28-25(32)22(9-10-24(30)31)29-26(33)34-15-20-18-7-3-1-5-16(18)17-6-2-4-8-19(17)20/h1-8,12,14,20,22H,9-11,13,15H2,(H,28,32)(H,29,33)(H,30,31). The van der Waals surface area contributed by atoms with Crippen molar-refractivity contribution in [3.63, 3.8) is 0 Å².